The van der Waals surface area contributed by atoms with Gasteiger partial charge in [0, 0.05) is 12.0 Å². The number of benzene rings is 3. The van der Waals surface area contributed by atoms with Gasteiger partial charge in [0.1, 0.15) is 6.04 Å². The molecule has 9 nitrogen and oxygen atoms in total. The molecule has 0 saturated heterocycles. The van der Waals surface area contributed by atoms with Crippen molar-refractivity contribution in [3.8, 4) is 0 Å². The summed E-state index contributed by atoms with van der Waals surface area (Å²) in [6.07, 6.45) is 0.0306. The first kappa shape index (κ1) is 31.8. The second-order valence-electron chi connectivity index (χ2n) is 10.2. The van der Waals surface area contributed by atoms with Crippen molar-refractivity contribution >= 4 is 27.5 Å². The van der Waals surface area contributed by atoms with Gasteiger partial charge in [0.05, 0.1) is 30.1 Å². The van der Waals surface area contributed by atoms with Crippen LogP contribution in [0.25, 0.3) is 0 Å². The molecule has 3 aromatic carbocycles. The van der Waals surface area contributed by atoms with E-state index >= 15 is 0 Å². The monoisotopic (exact) mass is 581 g/mol. The predicted octanol–water partition coefficient (Wildman–Crippen LogP) is 3.95. The Morgan fingerprint density at radius 2 is 1.44 bits per heavy atom. The van der Waals surface area contributed by atoms with Gasteiger partial charge in [-0.25, -0.2) is 13.2 Å². The molecule has 3 aromatic rings. The summed E-state index contributed by atoms with van der Waals surface area (Å²) in [5.41, 5.74) is 1.62. The fourth-order valence-electron chi connectivity index (χ4n) is 4.54. The Balaban J connectivity index is 1.95. The number of nitrogens with one attached hydrogen (secondary N) is 3. The SMILES string of the molecule is COC(=O)N[C@H](C(=O)Nc1ccccc1S(=O)(=O)C[C@@H](CO)NCCC(C)C)C(c1ccccc1)c1ccccc1. The molecule has 220 valence electrons. The lowest BCUT2D eigenvalue weighted by Gasteiger charge is -2.28. The van der Waals surface area contributed by atoms with Crippen LogP contribution >= 0.6 is 0 Å². The van der Waals surface area contributed by atoms with Crippen LogP contribution in [0.4, 0.5) is 10.5 Å². The number of methoxy groups -OCH3 is 1. The van der Waals surface area contributed by atoms with Crippen LogP contribution in [0.1, 0.15) is 37.3 Å². The Kier molecular flexibility index (Phi) is 11.9. The van der Waals surface area contributed by atoms with Crippen LogP contribution in [-0.2, 0) is 19.4 Å². The molecule has 0 spiro atoms. The fraction of sp³-hybridized carbons (Fsp3) is 0.355. The Bertz CT molecular complexity index is 1330. The third-order valence-electron chi connectivity index (χ3n) is 6.67. The number of hydrogen-bond acceptors (Lipinski definition) is 7. The van der Waals surface area contributed by atoms with Crippen LogP contribution in [0.15, 0.2) is 89.8 Å². The van der Waals surface area contributed by atoms with E-state index in [1.807, 2.05) is 60.7 Å². The Hall–Kier alpha value is -3.73. The van der Waals surface area contributed by atoms with E-state index in [1.165, 1.54) is 19.2 Å². The van der Waals surface area contributed by atoms with Gasteiger partial charge < -0.3 is 25.8 Å². The van der Waals surface area contributed by atoms with Gasteiger partial charge in [-0.05, 0) is 42.1 Å². The zero-order valence-electron chi connectivity index (χ0n) is 23.6. The molecule has 0 radical (unpaired) electrons. The molecular weight excluding hydrogens is 542 g/mol. The molecule has 0 fully saturated rings. The smallest absolute Gasteiger partial charge is 0.407 e. The highest BCUT2D eigenvalue weighted by Crippen LogP contribution is 2.30. The predicted molar refractivity (Wildman–Crippen MR) is 160 cm³/mol. The van der Waals surface area contributed by atoms with E-state index < -0.39 is 39.8 Å². The summed E-state index contributed by atoms with van der Waals surface area (Å²) in [4.78, 5) is 26.2. The van der Waals surface area contributed by atoms with Crippen LogP contribution in [0, 0.1) is 5.92 Å². The number of para-hydroxylation sites is 1. The molecule has 10 heteroatoms. The van der Waals surface area contributed by atoms with Crippen LogP contribution in [0.5, 0.6) is 0 Å². The van der Waals surface area contributed by atoms with E-state index in [9.17, 15) is 23.1 Å². The van der Waals surface area contributed by atoms with Gasteiger partial charge in [-0.1, -0.05) is 86.6 Å². The van der Waals surface area contributed by atoms with Crippen molar-refractivity contribution in [2.45, 2.75) is 43.2 Å². The Labute approximate surface area is 242 Å². The lowest BCUT2D eigenvalue weighted by Crippen LogP contribution is -2.48. The van der Waals surface area contributed by atoms with Gasteiger partial charge in [-0.3, -0.25) is 4.79 Å². The number of hydrogen-bond donors (Lipinski definition) is 4. The number of amides is 2. The summed E-state index contributed by atoms with van der Waals surface area (Å²) in [5, 5.41) is 18.3. The van der Waals surface area contributed by atoms with E-state index in [2.05, 4.69) is 29.8 Å². The molecule has 0 unspecified atom stereocenters. The molecule has 41 heavy (non-hydrogen) atoms. The Morgan fingerprint density at radius 3 is 1.98 bits per heavy atom. The molecule has 0 aliphatic carbocycles. The van der Waals surface area contributed by atoms with Gasteiger partial charge in [0.2, 0.25) is 5.91 Å². The van der Waals surface area contributed by atoms with Crippen molar-refractivity contribution in [1.82, 2.24) is 10.6 Å². The number of carbonyl (C=O) groups is 2. The summed E-state index contributed by atoms with van der Waals surface area (Å²) in [6, 6.07) is 22.8. The molecule has 0 aliphatic rings. The summed E-state index contributed by atoms with van der Waals surface area (Å²) in [5.74, 6) is -1.15. The molecular formula is C31H39N3O6S. The number of alkyl carbamates (subject to hydrolysis) is 1. The number of anilines is 1. The molecule has 0 aliphatic heterocycles. The van der Waals surface area contributed by atoms with E-state index in [0.717, 1.165) is 17.5 Å². The highest BCUT2D eigenvalue weighted by Gasteiger charge is 2.34. The van der Waals surface area contributed by atoms with Gasteiger partial charge >= 0.3 is 6.09 Å². The zero-order valence-corrected chi connectivity index (χ0v) is 24.4. The zero-order chi connectivity index (χ0) is 29.8. The molecule has 3 rings (SSSR count). The second-order valence-corrected chi connectivity index (χ2v) is 12.2. The summed E-state index contributed by atoms with van der Waals surface area (Å²) in [7, 11) is -2.72. The maximum absolute atomic E-state index is 13.9. The van der Waals surface area contributed by atoms with Gasteiger partial charge in [0.15, 0.2) is 9.84 Å². The first-order chi connectivity index (χ1) is 19.7. The molecule has 2 amide bonds. The van der Waals surface area contributed by atoms with E-state index in [4.69, 9.17) is 4.74 Å². The van der Waals surface area contributed by atoms with Crippen LogP contribution < -0.4 is 16.0 Å². The van der Waals surface area contributed by atoms with E-state index in [1.54, 1.807) is 12.1 Å². The molecule has 0 aromatic heterocycles. The third kappa shape index (κ3) is 9.14. The number of aliphatic hydroxyl groups is 1. The van der Waals surface area contributed by atoms with E-state index in [0.29, 0.717) is 12.5 Å². The van der Waals surface area contributed by atoms with Gasteiger partial charge in [-0.2, -0.15) is 0 Å². The lowest BCUT2D eigenvalue weighted by atomic mass is 9.84. The molecule has 0 saturated carbocycles. The molecule has 0 heterocycles. The number of aliphatic hydroxyl groups excluding tert-OH is 1. The average Bonchev–Trinajstić information content (AvgIpc) is 2.97. The first-order valence-corrected chi connectivity index (χ1v) is 15.2. The van der Waals surface area contributed by atoms with Gasteiger partial charge in [-0.15, -0.1) is 0 Å². The van der Waals surface area contributed by atoms with Crippen molar-refractivity contribution in [1.29, 1.82) is 0 Å². The van der Waals surface area contributed by atoms with E-state index in [-0.39, 0.29) is 22.9 Å². The van der Waals surface area contributed by atoms with Crippen molar-refractivity contribution in [2.75, 3.05) is 31.3 Å². The minimum atomic E-state index is -3.93. The quantitative estimate of drug-likeness (QED) is 0.227. The first-order valence-electron chi connectivity index (χ1n) is 13.6. The number of ether oxygens (including phenoxy) is 1. The topological polar surface area (TPSA) is 134 Å². The average molecular weight is 582 g/mol. The van der Waals surface area contributed by atoms with Gasteiger partial charge in [0.25, 0.3) is 0 Å². The third-order valence-corrected chi connectivity index (χ3v) is 8.53. The molecule has 2 atom stereocenters. The fourth-order valence-corrected chi connectivity index (χ4v) is 6.22. The maximum atomic E-state index is 13.9. The van der Waals surface area contributed by atoms with Crippen molar-refractivity contribution in [2.24, 2.45) is 5.92 Å². The van der Waals surface area contributed by atoms with Crippen molar-refractivity contribution in [3.05, 3.63) is 96.1 Å². The van der Waals surface area contributed by atoms with Crippen LogP contribution in [0.2, 0.25) is 0 Å². The molecule has 0 bridgehead atoms. The highest BCUT2D eigenvalue weighted by molar-refractivity contribution is 7.91. The van der Waals surface area contributed by atoms with Crippen molar-refractivity contribution < 1.29 is 27.9 Å². The lowest BCUT2D eigenvalue weighted by molar-refractivity contribution is -0.118. The number of rotatable bonds is 14. The van der Waals surface area contributed by atoms with Crippen LogP contribution in [-0.4, -0.2) is 63.6 Å². The maximum Gasteiger partial charge on any atom is 0.407 e. The molecule has 4 N–H and O–H groups in total. The number of carbonyl (C=O) groups excluding carboxylic acids is 2. The van der Waals surface area contributed by atoms with Crippen LogP contribution in [0.3, 0.4) is 0 Å². The largest absolute Gasteiger partial charge is 0.453 e. The summed E-state index contributed by atoms with van der Waals surface area (Å²) >= 11 is 0. The normalized spacial score (nSPS) is 13.0. The minimum Gasteiger partial charge on any atom is -0.453 e. The Morgan fingerprint density at radius 1 is 0.878 bits per heavy atom. The second kappa shape index (κ2) is 15.3. The minimum absolute atomic E-state index is 0.0768. The summed E-state index contributed by atoms with van der Waals surface area (Å²) < 4.78 is 31.8. The highest BCUT2D eigenvalue weighted by atomic mass is 32.2. The standard InChI is InChI=1S/C31H39N3O6S/c1-22(2)18-19-32-25(20-35)21-41(38,39)27-17-11-10-16-26(27)33-30(36)29(34-31(37)40-3)28(23-12-6-4-7-13-23)24-14-8-5-9-15-24/h4-17,22,25,28-29,32,35H,18-21H2,1-3H3,(H,33,36)(H,34,37)/t25-,29+/m1/s1. The summed E-state index contributed by atoms with van der Waals surface area (Å²) in [6.45, 7) is 4.34. The number of sulfone groups is 1. The van der Waals surface area contributed by atoms with Crippen molar-refractivity contribution in [3.63, 3.8) is 0 Å².